The Kier molecular flexibility index (Phi) is 3.93. The van der Waals surface area contributed by atoms with Gasteiger partial charge in [0.15, 0.2) is 11.7 Å². The van der Waals surface area contributed by atoms with Crippen LogP contribution >= 0.6 is 11.3 Å². The zero-order chi connectivity index (χ0) is 16.5. The first-order valence-electron chi connectivity index (χ1n) is 7.98. The highest BCUT2D eigenvalue weighted by atomic mass is 32.1. The molecule has 124 valence electrons. The molecule has 0 saturated heterocycles. The summed E-state index contributed by atoms with van der Waals surface area (Å²) in [5, 5.41) is 8.22. The van der Waals surface area contributed by atoms with Gasteiger partial charge in [-0.05, 0) is 43.0 Å². The van der Waals surface area contributed by atoms with Crippen molar-refractivity contribution in [3.05, 3.63) is 34.8 Å². The molecule has 2 N–H and O–H groups in total. The van der Waals surface area contributed by atoms with Gasteiger partial charge in [0.1, 0.15) is 5.75 Å². The normalized spacial score (nSPS) is 16.2. The Morgan fingerprint density at radius 2 is 2.25 bits per heavy atom. The molecule has 0 radical (unpaired) electrons. The predicted octanol–water partition coefficient (Wildman–Crippen LogP) is 2.92. The van der Waals surface area contributed by atoms with E-state index in [4.69, 9.17) is 4.74 Å². The highest BCUT2D eigenvalue weighted by Gasteiger charge is 2.26. The minimum Gasteiger partial charge on any atom is -0.484 e. The predicted molar refractivity (Wildman–Crippen MR) is 91.6 cm³/mol. The number of carbonyl (C=O) groups is 2. The summed E-state index contributed by atoms with van der Waals surface area (Å²) in [6.45, 7) is -0.0660. The average Bonchev–Trinajstić information content (AvgIpc) is 3.33. The molecule has 6 nitrogen and oxygen atoms in total. The Balaban J connectivity index is 1.32. The molecule has 0 spiro atoms. The second kappa shape index (κ2) is 6.24. The minimum absolute atomic E-state index is 0.0320. The van der Waals surface area contributed by atoms with Crippen LogP contribution in [0.3, 0.4) is 0 Å². The summed E-state index contributed by atoms with van der Waals surface area (Å²) in [4.78, 5) is 27.8. The Morgan fingerprint density at radius 1 is 1.38 bits per heavy atom. The molecular weight excluding hydrogens is 326 g/mol. The van der Waals surface area contributed by atoms with Gasteiger partial charge in [-0.3, -0.25) is 14.9 Å². The lowest BCUT2D eigenvalue weighted by atomic mass is 10.0. The molecule has 2 heterocycles. The number of nitrogens with one attached hydrogen (secondary N) is 2. The second-order valence-electron chi connectivity index (χ2n) is 6.06. The molecule has 1 aromatic carbocycles. The summed E-state index contributed by atoms with van der Waals surface area (Å²) in [7, 11) is 0. The van der Waals surface area contributed by atoms with Gasteiger partial charge in [-0.15, -0.1) is 11.3 Å². The number of ether oxygens (including phenoxy) is 1. The molecule has 0 bridgehead atoms. The van der Waals surface area contributed by atoms with Crippen LogP contribution in [0.25, 0.3) is 0 Å². The molecule has 2 aliphatic rings. The van der Waals surface area contributed by atoms with Crippen molar-refractivity contribution in [2.75, 3.05) is 17.2 Å². The van der Waals surface area contributed by atoms with Gasteiger partial charge < -0.3 is 10.1 Å². The summed E-state index contributed by atoms with van der Waals surface area (Å²) < 4.78 is 5.55. The monoisotopic (exact) mass is 343 g/mol. The van der Waals surface area contributed by atoms with Crippen LogP contribution in [0.5, 0.6) is 5.75 Å². The van der Waals surface area contributed by atoms with Crippen LogP contribution in [0.4, 0.5) is 10.8 Å². The number of anilines is 2. The number of thiazole rings is 1. The molecule has 2 amide bonds. The Hall–Kier alpha value is -2.41. The minimum atomic E-state index is -0.224. The van der Waals surface area contributed by atoms with E-state index in [2.05, 4.69) is 15.6 Å². The third-order valence-corrected chi connectivity index (χ3v) is 4.88. The van der Waals surface area contributed by atoms with Crippen LogP contribution < -0.4 is 15.4 Å². The fourth-order valence-corrected chi connectivity index (χ4v) is 3.47. The van der Waals surface area contributed by atoms with Gasteiger partial charge in [-0.1, -0.05) is 0 Å². The van der Waals surface area contributed by atoms with E-state index in [-0.39, 0.29) is 18.4 Å². The molecule has 2 aromatic rings. The van der Waals surface area contributed by atoms with E-state index in [1.54, 1.807) is 6.07 Å². The lowest BCUT2D eigenvalue weighted by molar-refractivity contribution is -0.118. The highest BCUT2D eigenvalue weighted by molar-refractivity contribution is 7.13. The number of carbonyl (C=O) groups excluding carboxylic acids is 2. The van der Waals surface area contributed by atoms with Gasteiger partial charge in [-0.25, -0.2) is 4.98 Å². The number of rotatable bonds is 5. The van der Waals surface area contributed by atoms with Crippen molar-refractivity contribution in [2.24, 2.45) is 0 Å². The van der Waals surface area contributed by atoms with Gasteiger partial charge in [0.2, 0.25) is 5.91 Å². The van der Waals surface area contributed by atoms with Crippen molar-refractivity contribution >= 4 is 34.0 Å². The van der Waals surface area contributed by atoms with Gasteiger partial charge in [0.05, 0.1) is 5.69 Å². The topological polar surface area (TPSA) is 80.3 Å². The van der Waals surface area contributed by atoms with E-state index in [0.29, 0.717) is 29.6 Å². The summed E-state index contributed by atoms with van der Waals surface area (Å²) in [6, 6.07) is 5.44. The van der Waals surface area contributed by atoms with E-state index in [9.17, 15) is 9.59 Å². The van der Waals surface area contributed by atoms with E-state index < -0.39 is 0 Å². The molecular formula is C17H17N3O3S. The van der Waals surface area contributed by atoms with E-state index >= 15 is 0 Å². The van der Waals surface area contributed by atoms with Crippen LogP contribution in [0.1, 0.15) is 36.4 Å². The van der Waals surface area contributed by atoms with Crippen molar-refractivity contribution in [1.29, 1.82) is 0 Å². The average molecular weight is 343 g/mol. The molecule has 1 fully saturated rings. The molecule has 4 rings (SSSR count). The first-order valence-corrected chi connectivity index (χ1v) is 8.86. The lowest BCUT2D eigenvalue weighted by Gasteiger charge is -2.17. The number of amides is 2. The zero-order valence-corrected chi connectivity index (χ0v) is 13.8. The van der Waals surface area contributed by atoms with Crippen molar-refractivity contribution in [3.8, 4) is 5.75 Å². The molecule has 7 heteroatoms. The molecule has 1 aromatic heterocycles. The summed E-state index contributed by atoms with van der Waals surface area (Å²) in [5.74, 6) is 1.01. The van der Waals surface area contributed by atoms with E-state index in [1.165, 1.54) is 24.2 Å². The SMILES string of the molecule is O=C(COc1ccc2c(c1)CCC(=O)N2)Nc1nc(C2CC2)cs1. The molecule has 1 aliphatic carbocycles. The van der Waals surface area contributed by atoms with Crippen LogP contribution in [0, 0.1) is 0 Å². The maximum atomic E-state index is 12.0. The van der Waals surface area contributed by atoms with Gasteiger partial charge in [0.25, 0.3) is 5.91 Å². The highest BCUT2D eigenvalue weighted by Crippen LogP contribution is 2.40. The van der Waals surface area contributed by atoms with Crippen molar-refractivity contribution in [3.63, 3.8) is 0 Å². The van der Waals surface area contributed by atoms with Crippen LogP contribution in [-0.2, 0) is 16.0 Å². The van der Waals surface area contributed by atoms with Crippen LogP contribution in [-0.4, -0.2) is 23.4 Å². The van der Waals surface area contributed by atoms with E-state index in [1.807, 2.05) is 17.5 Å². The first kappa shape index (κ1) is 15.1. The number of nitrogens with zero attached hydrogens (tertiary/aromatic N) is 1. The molecule has 0 unspecified atom stereocenters. The summed E-state index contributed by atoms with van der Waals surface area (Å²) in [5.41, 5.74) is 2.92. The third-order valence-electron chi connectivity index (χ3n) is 4.11. The maximum Gasteiger partial charge on any atom is 0.264 e. The Labute approximate surface area is 143 Å². The number of hydrogen-bond donors (Lipinski definition) is 2. The van der Waals surface area contributed by atoms with Gasteiger partial charge >= 0.3 is 0 Å². The maximum absolute atomic E-state index is 12.0. The first-order chi connectivity index (χ1) is 11.7. The van der Waals surface area contributed by atoms with Gasteiger partial charge in [-0.2, -0.15) is 0 Å². The third kappa shape index (κ3) is 3.41. The number of hydrogen-bond acceptors (Lipinski definition) is 5. The molecule has 0 atom stereocenters. The fraction of sp³-hybridized carbons (Fsp3) is 0.353. The molecule has 1 aliphatic heterocycles. The van der Waals surface area contributed by atoms with Crippen LogP contribution in [0.15, 0.2) is 23.6 Å². The Morgan fingerprint density at radius 3 is 3.08 bits per heavy atom. The summed E-state index contributed by atoms with van der Waals surface area (Å²) >= 11 is 1.45. The quantitative estimate of drug-likeness (QED) is 0.875. The molecule has 24 heavy (non-hydrogen) atoms. The largest absolute Gasteiger partial charge is 0.484 e. The number of aryl methyl sites for hydroxylation is 1. The van der Waals surface area contributed by atoms with Crippen molar-refractivity contribution in [2.45, 2.75) is 31.6 Å². The number of aromatic nitrogens is 1. The molecule has 1 saturated carbocycles. The van der Waals surface area contributed by atoms with Gasteiger partial charge in [0, 0.05) is 23.4 Å². The summed E-state index contributed by atoms with van der Waals surface area (Å²) in [6.07, 6.45) is 3.55. The smallest absolute Gasteiger partial charge is 0.264 e. The number of benzene rings is 1. The van der Waals surface area contributed by atoms with Crippen LogP contribution in [0.2, 0.25) is 0 Å². The van der Waals surface area contributed by atoms with Crippen molar-refractivity contribution < 1.29 is 14.3 Å². The second-order valence-corrected chi connectivity index (χ2v) is 6.91. The standard InChI is InChI=1S/C17H17N3O3S/c21-15-6-3-11-7-12(4-5-13(11)18-15)23-8-16(22)20-17-19-14(9-24-17)10-1-2-10/h4-5,7,9-10H,1-3,6,8H2,(H,18,21)(H,19,20,22). The van der Waals surface area contributed by atoms with Crippen molar-refractivity contribution in [1.82, 2.24) is 4.98 Å². The fourth-order valence-electron chi connectivity index (χ4n) is 2.66. The number of fused-ring (bicyclic) bond motifs is 1. The van der Waals surface area contributed by atoms with E-state index in [0.717, 1.165) is 16.9 Å². The lowest BCUT2D eigenvalue weighted by Crippen LogP contribution is -2.21. The Bertz CT molecular complexity index is 798. The zero-order valence-electron chi connectivity index (χ0n) is 13.0.